The van der Waals surface area contributed by atoms with Crippen molar-refractivity contribution in [3.05, 3.63) is 35.0 Å². The maximum atomic E-state index is 12.8. The Hall–Kier alpha value is -2.05. The second kappa shape index (κ2) is 6.93. The molecule has 4 rings (SSSR count). The summed E-state index contributed by atoms with van der Waals surface area (Å²) >= 11 is 6.02. The van der Waals surface area contributed by atoms with E-state index in [4.69, 9.17) is 11.6 Å². The van der Waals surface area contributed by atoms with Gasteiger partial charge in [-0.05, 0) is 44.0 Å². The number of aromatic nitrogens is 1. The van der Waals surface area contributed by atoms with E-state index in [9.17, 15) is 9.59 Å². The molecule has 2 aromatic rings. The molecule has 0 radical (unpaired) electrons. The second-order valence-electron chi connectivity index (χ2n) is 7.20. The highest BCUT2D eigenvalue weighted by atomic mass is 35.5. The number of aromatic amines is 1. The molecule has 1 atom stereocenters. The number of benzene rings is 1. The fourth-order valence-electron chi connectivity index (χ4n) is 3.42. The van der Waals surface area contributed by atoms with Gasteiger partial charge in [0.05, 0.1) is 6.04 Å². The Kier molecular flexibility index (Phi) is 4.63. The van der Waals surface area contributed by atoms with Crippen LogP contribution in [0, 0.1) is 0 Å². The average Bonchev–Trinajstić information content (AvgIpc) is 3.36. The highest BCUT2D eigenvalue weighted by Gasteiger charge is 2.31. The van der Waals surface area contributed by atoms with E-state index in [-0.39, 0.29) is 17.9 Å². The minimum absolute atomic E-state index is 0.00735. The number of hydrogen-bond acceptors (Lipinski definition) is 3. The number of piperazine rings is 1. The Morgan fingerprint density at radius 2 is 1.92 bits per heavy atom. The summed E-state index contributed by atoms with van der Waals surface area (Å²) < 4.78 is 0. The van der Waals surface area contributed by atoms with E-state index >= 15 is 0 Å². The van der Waals surface area contributed by atoms with E-state index in [1.54, 1.807) is 0 Å². The molecule has 1 unspecified atom stereocenters. The number of nitrogens with one attached hydrogen (secondary N) is 2. The minimum atomic E-state index is -0.150. The van der Waals surface area contributed by atoms with Crippen LogP contribution >= 0.6 is 11.6 Å². The van der Waals surface area contributed by atoms with E-state index in [1.165, 1.54) is 0 Å². The number of fused-ring (bicyclic) bond motifs is 1. The molecule has 2 N–H and O–H groups in total. The van der Waals surface area contributed by atoms with E-state index < -0.39 is 0 Å². The van der Waals surface area contributed by atoms with Gasteiger partial charge in [-0.25, -0.2) is 0 Å². The van der Waals surface area contributed by atoms with Crippen molar-refractivity contribution in [2.75, 3.05) is 26.2 Å². The summed E-state index contributed by atoms with van der Waals surface area (Å²) in [6.07, 6.45) is 2.19. The highest BCUT2D eigenvalue weighted by Crippen LogP contribution is 2.22. The van der Waals surface area contributed by atoms with Crippen molar-refractivity contribution in [3.8, 4) is 0 Å². The molecule has 1 aliphatic carbocycles. The van der Waals surface area contributed by atoms with Gasteiger partial charge in [0.15, 0.2) is 0 Å². The number of carbonyl (C=O) groups excluding carboxylic acids is 2. The van der Waals surface area contributed by atoms with E-state index in [2.05, 4.69) is 15.2 Å². The van der Waals surface area contributed by atoms with Crippen LogP contribution in [0.3, 0.4) is 0 Å². The molecule has 7 heteroatoms. The third-order valence-electron chi connectivity index (χ3n) is 5.27. The molecule has 1 aliphatic heterocycles. The van der Waals surface area contributed by atoms with Crippen LogP contribution in [0.5, 0.6) is 0 Å². The lowest BCUT2D eigenvalue weighted by Gasteiger charge is -2.37. The quantitative estimate of drug-likeness (QED) is 0.862. The zero-order valence-corrected chi connectivity index (χ0v) is 15.6. The Labute approximate surface area is 157 Å². The molecule has 6 nitrogen and oxygen atoms in total. The average molecular weight is 375 g/mol. The van der Waals surface area contributed by atoms with Gasteiger partial charge >= 0.3 is 0 Å². The van der Waals surface area contributed by atoms with Crippen molar-refractivity contribution in [1.82, 2.24) is 20.1 Å². The van der Waals surface area contributed by atoms with Gasteiger partial charge in [-0.2, -0.15) is 0 Å². The van der Waals surface area contributed by atoms with Gasteiger partial charge in [0.25, 0.3) is 5.91 Å². The lowest BCUT2D eigenvalue weighted by Crippen LogP contribution is -2.55. The third-order valence-corrected chi connectivity index (χ3v) is 5.50. The Morgan fingerprint density at radius 1 is 1.19 bits per heavy atom. The maximum absolute atomic E-state index is 12.8. The summed E-state index contributed by atoms with van der Waals surface area (Å²) in [5.41, 5.74) is 1.48. The lowest BCUT2D eigenvalue weighted by atomic mass is 10.2. The summed E-state index contributed by atoms with van der Waals surface area (Å²) in [6.45, 7) is 4.59. The first kappa shape index (κ1) is 17.4. The van der Waals surface area contributed by atoms with Crippen molar-refractivity contribution in [2.45, 2.75) is 31.8 Å². The predicted molar refractivity (Wildman–Crippen MR) is 101 cm³/mol. The normalized spacial score (nSPS) is 19.5. The topological polar surface area (TPSA) is 68.4 Å². The van der Waals surface area contributed by atoms with Gasteiger partial charge < -0.3 is 15.2 Å². The molecule has 138 valence electrons. The number of amides is 2. The molecule has 1 saturated heterocycles. The van der Waals surface area contributed by atoms with Gasteiger partial charge in [-0.15, -0.1) is 0 Å². The van der Waals surface area contributed by atoms with Crippen LogP contribution in [0.15, 0.2) is 24.3 Å². The zero-order chi connectivity index (χ0) is 18.3. The first-order valence-electron chi connectivity index (χ1n) is 9.13. The molecule has 0 bridgehead atoms. The zero-order valence-electron chi connectivity index (χ0n) is 14.8. The van der Waals surface area contributed by atoms with E-state index in [1.807, 2.05) is 36.1 Å². The smallest absolute Gasteiger partial charge is 0.270 e. The minimum Gasteiger partial charge on any atom is -0.352 e. The van der Waals surface area contributed by atoms with Crippen LogP contribution in [0.2, 0.25) is 5.02 Å². The van der Waals surface area contributed by atoms with Gasteiger partial charge in [0, 0.05) is 48.1 Å². The molecule has 2 amide bonds. The molecule has 2 heterocycles. The summed E-state index contributed by atoms with van der Waals surface area (Å²) in [7, 11) is 0. The van der Waals surface area contributed by atoms with Gasteiger partial charge in [-0.3, -0.25) is 14.5 Å². The Balaban J connectivity index is 1.37. The molecule has 0 spiro atoms. The number of rotatable bonds is 4. The van der Waals surface area contributed by atoms with E-state index in [0.717, 1.165) is 23.7 Å². The summed E-state index contributed by atoms with van der Waals surface area (Å²) in [5.74, 6) is 0.0897. The van der Waals surface area contributed by atoms with Crippen molar-refractivity contribution in [3.63, 3.8) is 0 Å². The fourth-order valence-corrected chi connectivity index (χ4v) is 3.60. The third kappa shape index (κ3) is 3.57. The van der Waals surface area contributed by atoms with Gasteiger partial charge in [-0.1, -0.05) is 11.6 Å². The van der Waals surface area contributed by atoms with Crippen LogP contribution in [-0.2, 0) is 4.79 Å². The SMILES string of the molecule is CC(C(=O)NC1CC1)N1CCN(C(=O)c2cc3cc(Cl)ccc3[nH]2)CC1. The first-order chi connectivity index (χ1) is 12.5. The summed E-state index contributed by atoms with van der Waals surface area (Å²) in [5, 5.41) is 4.64. The first-order valence-corrected chi connectivity index (χ1v) is 9.51. The van der Waals surface area contributed by atoms with Crippen LogP contribution < -0.4 is 5.32 Å². The standard InChI is InChI=1S/C19H23ClN4O2/c1-12(18(25)21-15-3-4-15)23-6-8-24(9-7-23)19(26)17-11-13-10-14(20)2-5-16(13)22-17/h2,5,10-12,15,22H,3-4,6-9H2,1H3,(H,21,25). The molecule has 1 aromatic carbocycles. The summed E-state index contributed by atoms with van der Waals surface area (Å²) in [6, 6.07) is 7.61. The number of H-pyrrole nitrogens is 1. The number of hydrogen-bond donors (Lipinski definition) is 2. The van der Waals surface area contributed by atoms with Crippen molar-refractivity contribution in [1.29, 1.82) is 0 Å². The van der Waals surface area contributed by atoms with Crippen LogP contribution in [0.25, 0.3) is 10.9 Å². The fraction of sp³-hybridized carbons (Fsp3) is 0.474. The maximum Gasteiger partial charge on any atom is 0.270 e. The molecule has 2 fully saturated rings. The Bertz CT molecular complexity index is 837. The number of halogens is 1. The largest absolute Gasteiger partial charge is 0.352 e. The lowest BCUT2D eigenvalue weighted by molar-refractivity contribution is -0.126. The number of carbonyl (C=O) groups is 2. The van der Waals surface area contributed by atoms with Crippen molar-refractivity contribution in [2.24, 2.45) is 0 Å². The second-order valence-corrected chi connectivity index (χ2v) is 7.64. The van der Waals surface area contributed by atoms with Crippen LogP contribution in [-0.4, -0.2) is 64.9 Å². The molecular weight excluding hydrogens is 352 g/mol. The predicted octanol–water partition coefficient (Wildman–Crippen LogP) is 2.25. The molecule has 2 aliphatic rings. The highest BCUT2D eigenvalue weighted by molar-refractivity contribution is 6.31. The molecule has 1 aromatic heterocycles. The monoisotopic (exact) mass is 374 g/mol. The van der Waals surface area contributed by atoms with Crippen LogP contribution in [0.1, 0.15) is 30.3 Å². The van der Waals surface area contributed by atoms with Gasteiger partial charge in [0.1, 0.15) is 5.69 Å². The number of nitrogens with zero attached hydrogens (tertiary/aromatic N) is 2. The van der Waals surface area contributed by atoms with Crippen molar-refractivity contribution >= 4 is 34.3 Å². The molecule has 26 heavy (non-hydrogen) atoms. The Morgan fingerprint density at radius 3 is 2.62 bits per heavy atom. The van der Waals surface area contributed by atoms with E-state index in [0.29, 0.717) is 42.9 Å². The van der Waals surface area contributed by atoms with Gasteiger partial charge in [0.2, 0.25) is 5.91 Å². The molecular formula is C19H23ClN4O2. The summed E-state index contributed by atoms with van der Waals surface area (Å²) in [4.78, 5) is 32.1. The molecule has 1 saturated carbocycles. The van der Waals surface area contributed by atoms with Crippen molar-refractivity contribution < 1.29 is 9.59 Å². The van der Waals surface area contributed by atoms with Crippen LogP contribution in [0.4, 0.5) is 0 Å².